The van der Waals surface area contributed by atoms with E-state index < -0.39 is 25.0 Å². The highest BCUT2D eigenvalue weighted by atomic mass is 35.7. The van der Waals surface area contributed by atoms with Gasteiger partial charge in [0.15, 0.2) is 0 Å². The maximum Gasteiger partial charge on any atom is 0.274 e. The van der Waals surface area contributed by atoms with Gasteiger partial charge in [0, 0.05) is 17.2 Å². The largest absolute Gasteiger partial charge is 0.274 e. The molecule has 0 saturated heterocycles. The molecule has 0 heterocycles. The minimum Gasteiger partial charge on any atom is -0.216 e. The molecule has 11 heavy (non-hydrogen) atoms. The smallest absolute Gasteiger partial charge is 0.216 e. The van der Waals surface area contributed by atoms with E-state index in [1.807, 2.05) is 0 Å². The molecule has 9 heteroatoms. The number of rotatable bonds is 4. The molecule has 0 aliphatic carbocycles. The first kappa shape index (κ1) is 11.1. The zero-order valence-electron chi connectivity index (χ0n) is 5.32. The molecule has 0 fully saturated rings. The maximum absolute atomic E-state index is 10.2. The molecule has 68 valence electrons. The fraction of sp³-hybridized carbons (Fsp3) is 1.00. The molecule has 0 aromatic rings. The van der Waals surface area contributed by atoms with Crippen LogP contribution in [0.15, 0.2) is 0 Å². The van der Waals surface area contributed by atoms with Crippen LogP contribution in [0.25, 0.3) is 0 Å². The van der Waals surface area contributed by atoms with Crippen molar-refractivity contribution in [2.45, 2.75) is 0 Å². The van der Waals surface area contributed by atoms with Gasteiger partial charge >= 0.3 is 0 Å². The van der Waals surface area contributed by atoms with Crippen molar-refractivity contribution < 1.29 is 16.8 Å². The number of nitrogens with one attached hydrogen (secondary N) is 1. The lowest BCUT2D eigenvalue weighted by Crippen LogP contribution is -2.33. The summed E-state index contributed by atoms with van der Waals surface area (Å²) in [5.41, 5.74) is 0. The van der Waals surface area contributed by atoms with Gasteiger partial charge in [-0.3, -0.25) is 0 Å². The summed E-state index contributed by atoms with van der Waals surface area (Å²) in [5.74, 6) is -0.481. The van der Waals surface area contributed by atoms with E-state index in [1.165, 1.54) is 0 Å². The molecule has 0 bridgehead atoms. The van der Waals surface area contributed by atoms with Crippen molar-refractivity contribution in [2.24, 2.45) is 5.14 Å². The average molecular weight is 223 g/mol. The average Bonchev–Trinajstić information content (AvgIpc) is 1.55. The van der Waals surface area contributed by atoms with Crippen molar-refractivity contribution >= 4 is 29.9 Å². The van der Waals surface area contributed by atoms with Crippen LogP contribution < -0.4 is 9.86 Å². The van der Waals surface area contributed by atoms with Gasteiger partial charge in [-0.25, -0.2) is 18.3 Å². The minimum atomic E-state index is -3.82. The van der Waals surface area contributed by atoms with Crippen molar-refractivity contribution in [3.8, 4) is 0 Å². The molecule has 0 unspecified atom stereocenters. The van der Waals surface area contributed by atoms with Gasteiger partial charge in [0.25, 0.3) is 10.2 Å². The molecule has 0 aliphatic heterocycles. The monoisotopic (exact) mass is 222 g/mol. The Morgan fingerprint density at radius 2 is 1.73 bits per heavy atom. The lowest BCUT2D eigenvalue weighted by atomic mass is 10.8. The van der Waals surface area contributed by atoms with Crippen LogP contribution in [-0.2, 0) is 19.3 Å². The van der Waals surface area contributed by atoms with Gasteiger partial charge in [-0.05, 0) is 0 Å². The molecule has 0 aromatic carbocycles. The summed E-state index contributed by atoms with van der Waals surface area (Å²) in [6, 6.07) is 0. The summed E-state index contributed by atoms with van der Waals surface area (Å²) in [6.45, 7) is -0.315. The first-order valence-corrected chi connectivity index (χ1v) is 6.43. The van der Waals surface area contributed by atoms with Crippen molar-refractivity contribution in [3.05, 3.63) is 0 Å². The Hall–Kier alpha value is 0.110. The summed E-state index contributed by atoms with van der Waals surface area (Å²) in [6.07, 6.45) is 0. The number of hydrogen-bond acceptors (Lipinski definition) is 4. The molecule has 0 rings (SSSR count). The highest BCUT2D eigenvalue weighted by molar-refractivity contribution is 8.13. The standard InChI is InChI=1S/C2H7ClN2O4S2/c3-10(6,7)2-1-5-11(4,8)9/h5H,1-2H2,(H2,4,8,9). The van der Waals surface area contributed by atoms with Crippen LogP contribution in [0.2, 0.25) is 0 Å². The fourth-order valence-corrected chi connectivity index (χ4v) is 1.40. The van der Waals surface area contributed by atoms with Crippen LogP contribution in [0.4, 0.5) is 0 Å². The molecule has 0 saturated carbocycles. The molecule has 0 aromatic heterocycles. The molecular formula is C2H7ClN2O4S2. The van der Waals surface area contributed by atoms with Gasteiger partial charge in [0.1, 0.15) is 0 Å². The second-order valence-electron chi connectivity index (χ2n) is 1.68. The lowest BCUT2D eigenvalue weighted by molar-refractivity contribution is 0.584. The van der Waals surface area contributed by atoms with Crippen LogP contribution in [0.3, 0.4) is 0 Å². The van der Waals surface area contributed by atoms with Gasteiger partial charge in [0.05, 0.1) is 5.75 Å². The molecule has 0 spiro atoms. The number of halogens is 1. The Labute approximate surface area is 69.3 Å². The Morgan fingerprint density at radius 1 is 1.27 bits per heavy atom. The predicted octanol–water partition coefficient (Wildman–Crippen LogP) is -1.65. The van der Waals surface area contributed by atoms with Gasteiger partial charge in [0.2, 0.25) is 9.05 Å². The quantitative estimate of drug-likeness (QED) is 0.556. The van der Waals surface area contributed by atoms with E-state index in [1.54, 1.807) is 4.72 Å². The first-order chi connectivity index (χ1) is 4.71. The van der Waals surface area contributed by atoms with Crippen LogP contribution in [0.5, 0.6) is 0 Å². The zero-order valence-corrected chi connectivity index (χ0v) is 7.71. The van der Waals surface area contributed by atoms with E-state index in [4.69, 9.17) is 10.7 Å². The third-order valence-electron chi connectivity index (χ3n) is 0.649. The second kappa shape index (κ2) is 3.68. The van der Waals surface area contributed by atoms with E-state index >= 15 is 0 Å². The summed E-state index contributed by atoms with van der Waals surface area (Å²) < 4.78 is 42.5. The van der Waals surface area contributed by atoms with E-state index in [0.29, 0.717) is 0 Å². The first-order valence-electron chi connectivity index (χ1n) is 2.40. The predicted molar refractivity (Wildman–Crippen MR) is 40.7 cm³/mol. The Balaban J connectivity index is 3.79. The van der Waals surface area contributed by atoms with E-state index in [0.717, 1.165) is 0 Å². The summed E-state index contributed by atoms with van der Waals surface area (Å²) in [4.78, 5) is 0. The van der Waals surface area contributed by atoms with E-state index in [2.05, 4.69) is 5.14 Å². The van der Waals surface area contributed by atoms with Crippen LogP contribution in [0.1, 0.15) is 0 Å². The van der Waals surface area contributed by atoms with Crippen LogP contribution in [-0.4, -0.2) is 29.1 Å². The maximum atomic E-state index is 10.2. The van der Waals surface area contributed by atoms with Crippen molar-refractivity contribution in [2.75, 3.05) is 12.3 Å². The third kappa shape index (κ3) is 10.1. The lowest BCUT2D eigenvalue weighted by Gasteiger charge is -1.97. The second-order valence-corrected chi connectivity index (χ2v) is 5.96. The summed E-state index contributed by atoms with van der Waals surface area (Å²) in [5, 5.41) is 4.49. The highest BCUT2D eigenvalue weighted by Crippen LogP contribution is 1.93. The Morgan fingerprint density at radius 3 is 2.00 bits per heavy atom. The van der Waals surface area contributed by atoms with Gasteiger partial charge in [-0.2, -0.15) is 8.42 Å². The SMILES string of the molecule is NS(=O)(=O)NCCS(=O)(=O)Cl. The number of nitrogens with two attached hydrogens (primary N) is 1. The van der Waals surface area contributed by atoms with Crippen LogP contribution >= 0.6 is 10.7 Å². The Kier molecular flexibility index (Phi) is 3.71. The molecule has 6 nitrogen and oxygen atoms in total. The third-order valence-corrected chi connectivity index (χ3v) is 2.41. The Bertz CT molecular complexity index is 273. The van der Waals surface area contributed by atoms with E-state index in [9.17, 15) is 16.8 Å². The minimum absolute atomic E-state index is 0.315. The fourth-order valence-electron chi connectivity index (χ4n) is 0.306. The molecule has 0 radical (unpaired) electrons. The zero-order chi connectivity index (χ0) is 9.12. The van der Waals surface area contributed by atoms with Crippen molar-refractivity contribution in [3.63, 3.8) is 0 Å². The van der Waals surface area contributed by atoms with Crippen molar-refractivity contribution in [1.29, 1.82) is 0 Å². The molecule has 0 amide bonds. The van der Waals surface area contributed by atoms with Crippen LogP contribution in [0, 0.1) is 0 Å². The van der Waals surface area contributed by atoms with Gasteiger partial charge < -0.3 is 0 Å². The highest BCUT2D eigenvalue weighted by Gasteiger charge is 2.06. The van der Waals surface area contributed by atoms with Gasteiger partial charge in [-0.15, -0.1) is 0 Å². The topological polar surface area (TPSA) is 106 Å². The van der Waals surface area contributed by atoms with E-state index in [-0.39, 0.29) is 6.54 Å². The molecule has 3 N–H and O–H groups in total. The molecule has 0 atom stereocenters. The van der Waals surface area contributed by atoms with Gasteiger partial charge in [-0.1, -0.05) is 0 Å². The normalized spacial score (nSPS) is 13.3. The van der Waals surface area contributed by atoms with Crippen molar-refractivity contribution in [1.82, 2.24) is 4.72 Å². The summed E-state index contributed by atoms with van der Waals surface area (Å²) >= 11 is 0. The number of hydrogen-bond donors (Lipinski definition) is 2. The molecule has 0 aliphatic rings. The molecular weight excluding hydrogens is 216 g/mol. The summed E-state index contributed by atoms with van der Waals surface area (Å²) in [7, 11) is -2.72.